The van der Waals surface area contributed by atoms with Crippen LogP contribution in [0.1, 0.15) is 6.92 Å². The van der Waals surface area contributed by atoms with Gasteiger partial charge in [0, 0.05) is 13.1 Å². The van der Waals surface area contributed by atoms with Gasteiger partial charge in [0.05, 0.1) is 17.4 Å². The van der Waals surface area contributed by atoms with Crippen LogP contribution in [0.15, 0.2) is 12.3 Å². The number of nitrogens with one attached hydrogen (secondary N) is 1. The standard InChI is InChI=1S/C10H13N5O4/c1-7-10(17)11-3-5-14(7)9(16)6-13-4-2-8(12-13)15(18)19/h2,4,7H,3,5-6H2,1H3,(H,11,17). The van der Waals surface area contributed by atoms with Gasteiger partial charge in [-0.15, -0.1) is 0 Å². The molecule has 0 aliphatic carbocycles. The third-order valence-electron chi connectivity index (χ3n) is 2.93. The monoisotopic (exact) mass is 267 g/mol. The van der Waals surface area contributed by atoms with Crippen molar-refractivity contribution in [3.05, 3.63) is 22.4 Å². The van der Waals surface area contributed by atoms with E-state index in [4.69, 9.17) is 0 Å². The average Bonchev–Trinajstić information content (AvgIpc) is 2.81. The van der Waals surface area contributed by atoms with E-state index < -0.39 is 11.0 Å². The van der Waals surface area contributed by atoms with Crippen LogP contribution in [-0.4, -0.2) is 50.5 Å². The van der Waals surface area contributed by atoms with Gasteiger partial charge in [0.1, 0.15) is 12.6 Å². The second-order valence-electron chi connectivity index (χ2n) is 4.18. The van der Waals surface area contributed by atoms with Crippen molar-refractivity contribution in [2.45, 2.75) is 19.5 Å². The number of carbonyl (C=O) groups excluding carboxylic acids is 2. The Morgan fingerprint density at radius 3 is 3.05 bits per heavy atom. The first-order valence-electron chi connectivity index (χ1n) is 5.74. The molecule has 0 bridgehead atoms. The van der Waals surface area contributed by atoms with E-state index in [1.165, 1.54) is 21.8 Å². The van der Waals surface area contributed by atoms with Gasteiger partial charge in [-0.1, -0.05) is 0 Å². The van der Waals surface area contributed by atoms with Crippen LogP contribution in [-0.2, 0) is 16.1 Å². The Morgan fingerprint density at radius 2 is 2.42 bits per heavy atom. The molecule has 1 aliphatic rings. The predicted octanol–water partition coefficient (Wildman–Crippen LogP) is -0.862. The number of piperazine rings is 1. The molecule has 0 spiro atoms. The van der Waals surface area contributed by atoms with Gasteiger partial charge >= 0.3 is 5.82 Å². The van der Waals surface area contributed by atoms with Crippen LogP contribution in [0.2, 0.25) is 0 Å². The summed E-state index contributed by atoms with van der Waals surface area (Å²) in [5.41, 5.74) is 0. The minimum atomic E-state index is -0.627. The van der Waals surface area contributed by atoms with E-state index in [1.54, 1.807) is 6.92 Å². The quantitative estimate of drug-likeness (QED) is 0.566. The number of aromatic nitrogens is 2. The molecule has 1 saturated heterocycles. The van der Waals surface area contributed by atoms with Crippen molar-refractivity contribution in [2.24, 2.45) is 0 Å². The van der Waals surface area contributed by atoms with Crippen LogP contribution >= 0.6 is 0 Å². The first-order chi connectivity index (χ1) is 8.99. The van der Waals surface area contributed by atoms with Gasteiger partial charge in [0.2, 0.25) is 11.8 Å². The Morgan fingerprint density at radius 1 is 1.68 bits per heavy atom. The van der Waals surface area contributed by atoms with Crippen LogP contribution < -0.4 is 5.32 Å². The lowest BCUT2D eigenvalue weighted by molar-refractivity contribution is -0.389. The molecule has 1 fully saturated rings. The lowest BCUT2D eigenvalue weighted by Gasteiger charge is -2.32. The minimum Gasteiger partial charge on any atom is -0.358 e. The lowest BCUT2D eigenvalue weighted by atomic mass is 10.2. The number of nitrogens with zero attached hydrogens (tertiary/aromatic N) is 4. The molecule has 102 valence electrons. The average molecular weight is 267 g/mol. The topological polar surface area (TPSA) is 110 Å². The van der Waals surface area contributed by atoms with E-state index in [0.717, 1.165) is 0 Å². The van der Waals surface area contributed by atoms with Crippen molar-refractivity contribution in [3.8, 4) is 0 Å². The van der Waals surface area contributed by atoms with Crippen molar-refractivity contribution in [1.82, 2.24) is 20.0 Å². The molecule has 2 rings (SSSR count). The van der Waals surface area contributed by atoms with Gasteiger partial charge in [-0.2, -0.15) is 4.68 Å². The van der Waals surface area contributed by atoms with Gasteiger partial charge < -0.3 is 20.3 Å². The highest BCUT2D eigenvalue weighted by atomic mass is 16.6. The smallest absolute Gasteiger partial charge is 0.358 e. The maximum absolute atomic E-state index is 12.0. The molecule has 0 aromatic carbocycles. The Balaban J connectivity index is 2.03. The molecule has 1 atom stereocenters. The molecule has 1 N–H and O–H groups in total. The van der Waals surface area contributed by atoms with Crippen molar-refractivity contribution in [2.75, 3.05) is 13.1 Å². The molecule has 0 saturated carbocycles. The first kappa shape index (κ1) is 13.0. The Bertz CT molecular complexity index is 526. The number of rotatable bonds is 3. The van der Waals surface area contributed by atoms with E-state index in [-0.39, 0.29) is 24.2 Å². The molecule has 1 unspecified atom stereocenters. The van der Waals surface area contributed by atoms with E-state index in [0.29, 0.717) is 13.1 Å². The molecular formula is C10H13N5O4. The van der Waals surface area contributed by atoms with E-state index in [9.17, 15) is 19.7 Å². The SMILES string of the molecule is CC1C(=O)NCCN1C(=O)Cn1ccc([N+](=O)[O-])n1. The highest BCUT2D eigenvalue weighted by Crippen LogP contribution is 2.08. The summed E-state index contributed by atoms with van der Waals surface area (Å²) in [6.07, 6.45) is 1.37. The highest BCUT2D eigenvalue weighted by Gasteiger charge is 2.29. The zero-order chi connectivity index (χ0) is 14.0. The Hall–Kier alpha value is -2.45. The number of amides is 2. The van der Waals surface area contributed by atoms with Crippen molar-refractivity contribution in [1.29, 1.82) is 0 Å². The third kappa shape index (κ3) is 2.69. The molecule has 2 heterocycles. The summed E-state index contributed by atoms with van der Waals surface area (Å²) in [6.45, 7) is 2.35. The Kier molecular flexibility index (Phi) is 3.45. The maximum Gasteiger partial charge on any atom is 0.389 e. The molecule has 9 nitrogen and oxygen atoms in total. The summed E-state index contributed by atoms with van der Waals surface area (Å²) < 4.78 is 1.19. The Labute approximate surface area is 108 Å². The first-order valence-corrected chi connectivity index (χ1v) is 5.74. The van der Waals surface area contributed by atoms with Gasteiger partial charge in [0.25, 0.3) is 0 Å². The number of hydrogen-bond donors (Lipinski definition) is 1. The van der Waals surface area contributed by atoms with E-state index in [1.807, 2.05) is 0 Å². The molecule has 1 aliphatic heterocycles. The molecular weight excluding hydrogens is 254 g/mol. The third-order valence-corrected chi connectivity index (χ3v) is 2.93. The molecule has 0 radical (unpaired) electrons. The summed E-state index contributed by atoms with van der Waals surface area (Å²) in [7, 11) is 0. The van der Waals surface area contributed by atoms with Gasteiger partial charge in [-0.05, 0) is 11.8 Å². The number of hydrogen-bond acceptors (Lipinski definition) is 5. The molecule has 1 aromatic heterocycles. The van der Waals surface area contributed by atoms with Crippen LogP contribution in [0, 0.1) is 10.1 Å². The predicted molar refractivity (Wildman–Crippen MR) is 63.1 cm³/mol. The normalized spacial score (nSPS) is 19.1. The van der Waals surface area contributed by atoms with Crippen LogP contribution in [0.25, 0.3) is 0 Å². The number of carbonyl (C=O) groups is 2. The van der Waals surface area contributed by atoms with Crippen molar-refractivity contribution in [3.63, 3.8) is 0 Å². The van der Waals surface area contributed by atoms with Crippen molar-refractivity contribution >= 4 is 17.6 Å². The summed E-state index contributed by atoms with van der Waals surface area (Å²) >= 11 is 0. The summed E-state index contributed by atoms with van der Waals surface area (Å²) in [6, 6.07) is 0.686. The minimum absolute atomic E-state index is 0.120. The summed E-state index contributed by atoms with van der Waals surface area (Å²) in [5, 5.41) is 16.8. The fraction of sp³-hybridized carbons (Fsp3) is 0.500. The van der Waals surface area contributed by atoms with Gasteiger partial charge in [-0.25, -0.2) is 0 Å². The van der Waals surface area contributed by atoms with Crippen molar-refractivity contribution < 1.29 is 14.5 Å². The fourth-order valence-corrected chi connectivity index (χ4v) is 1.89. The van der Waals surface area contributed by atoms with E-state index in [2.05, 4.69) is 10.4 Å². The summed E-state index contributed by atoms with van der Waals surface area (Å²) in [5.74, 6) is -0.802. The van der Waals surface area contributed by atoms with Crippen LogP contribution in [0.5, 0.6) is 0 Å². The second-order valence-corrected chi connectivity index (χ2v) is 4.18. The molecule has 9 heteroatoms. The zero-order valence-corrected chi connectivity index (χ0v) is 10.3. The molecule has 1 aromatic rings. The fourth-order valence-electron chi connectivity index (χ4n) is 1.89. The second kappa shape index (κ2) is 5.04. The molecule has 19 heavy (non-hydrogen) atoms. The maximum atomic E-state index is 12.0. The van der Waals surface area contributed by atoms with Crippen LogP contribution in [0.3, 0.4) is 0 Å². The van der Waals surface area contributed by atoms with Gasteiger partial charge in [-0.3, -0.25) is 9.59 Å². The number of nitro groups is 1. The lowest BCUT2D eigenvalue weighted by Crippen LogP contribution is -2.56. The zero-order valence-electron chi connectivity index (χ0n) is 10.3. The van der Waals surface area contributed by atoms with E-state index >= 15 is 0 Å². The highest BCUT2D eigenvalue weighted by molar-refractivity contribution is 5.88. The van der Waals surface area contributed by atoms with Crippen LogP contribution in [0.4, 0.5) is 5.82 Å². The largest absolute Gasteiger partial charge is 0.389 e. The van der Waals surface area contributed by atoms with Gasteiger partial charge in [0.15, 0.2) is 0 Å². The molecule has 2 amide bonds. The summed E-state index contributed by atoms with van der Waals surface area (Å²) in [4.78, 5) is 34.7.